The smallest absolute Gasteiger partial charge is 0.744 e. The Hall–Kier alpha value is 5.16. The zero-order valence-corrected chi connectivity index (χ0v) is 33.4. The second kappa shape index (κ2) is 70.0. The van der Waals surface area contributed by atoms with Gasteiger partial charge in [0.1, 0.15) is 0 Å². The van der Waals surface area contributed by atoms with Crippen molar-refractivity contribution in [3.8, 4) is 0 Å². The molecule has 0 radical (unpaired) electrons. The molecule has 30 heteroatoms. The Morgan fingerprint density at radius 1 is 0.233 bits per heavy atom. The third-order valence-electron chi connectivity index (χ3n) is 0. The van der Waals surface area contributed by atoms with E-state index in [4.69, 9.17) is 84.1 Å². The van der Waals surface area contributed by atoms with Crippen LogP contribution in [0.15, 0.2) is 0 Å². The largest absolute Gasteiger partial charge is 1.00 e. The van der Waals surface area contributed by atoms with Gasteiger partial charge in [0.05, 0.1) is 0 Å². The summed E-state index contributed by atoms with van der Waals surface area (Å²) in [6, 6.07) is 0. The van der Waals surface area contributed by atoms with E-state index in [2.05, 4.69) is 0 Å². The Balaban J connectivity index is -0.0000000125. The van der Waals surface area contributed by atoms with Gasteiger partial charge in [-0.05, 0) is 0 Å². The average Bonchev–Trinajstić information content (AvgIpc) is 2.08. The SMILES string of the molecule is O=P(=O)[O-].O=P(=O)[O-].O=P(=O)[O-].O=P(=O)[O-].O=P(=O)[O-].O=P(=O)[O-].[Na+].[Na+].[Na+].[Na+].[Na+].[Na+]. The van der Waals surface area contributed by atoms with E-state index in [1.807, 2.05) is 0 Å². The first-order valence-corrected chi connectivity index (χ1v) is 9.86. The quantitative estimate of drug-likeness (QED) is 0.181. The fourth-order valence-corrected chi connectivity index (χ4v) is 0. The number of hydrogen-bond acceptors (Lipinski definition) is 18. The van der Waals surface area contributed by atoms with Crippen molar-refractivity contribution in [2.24, 2.45) is 0 Å². The van der Waals surface area contributed by atoms with Crippen molar-refractivity contribution < 1.29 is 261 Å². The molecule has 0 rings (SSSR count). The van der Waals surface area contributed by atoms with Crippen LogP contribution in [0.1, 0.15) is 0 Å². The van der Waals surface area contributed by atoms with E-state index in [1.165, 1.54) is 0 Å². The maximum atomic E-state index is 8.48. The molecule has 0 atom stereocenters. The normalized spacial score (nSPS) is 5.00. The summed E-state index contributed by atoms with van der Waals surface area (Å²) in [4.78, 5) is 50.9. The molecule has 18 nitrogen and oxygen atoms in total. The molecule has 0 saturated heterocycles. The van der Waals surface area contributed by atoms with E-state index >= 15 is 0 Å². The van der Waals surface area contributed by atoms with Gasteiger partial charge in [0.2, 0.25) is 47.4 Å². The van der Waals surface area contributed by atoms with Crippen LogP contribution in [0, 0.1) is 0 Å². The molecule has 0 fully saturated rings. The van der Waals surface area contributed by atoms with Crippen LogP contribution < -0.4 is 207 Å². The minimum Gasteiger partial charge on any atom is -0.744 e. The van der Waals surface area contributed by atoms with Gasteiger partial charge >= 0.3 is 177 Å². The summed E-state index contributed by atoms with van der Waals surface area (Å²) in [6.07, 6.45) is 0. The van der Waals surface area contributed by atoms with Crippen LogP contribution in [0.25, 0.3) is 0 Å². The van der Waals surface area contributed by atoms with Crippen LogP contribution in [-0.4, -0.2) is 0 Å². The molecule has 0 aromatic rings. The molecular formula is Na6O18P6. The van der Waals surface area contributed by atoms with Gasteiger partial charge in [0.15, 0.2) is 0 Å². The van der Waals surface area contributed by atoms with Gasteiger partial charge in [-0.2, -0.15) is 0 Å². The average molecular weight is 612 g/mol. The van der Waals surface area contributed by atoms with E-state index in [9.17, 15) is 0 Å². The van der Waals surface area contributed by atoms with Crippen molar-refractivity contribution in [2.75, 3.05) is 0 Å². The summed E-state index contributed by atoms with van der Waals surface area (Å²) in [5.41, 5.74) is 0. The first-order valence-electron chi connectivity index (χ1n) is 3.29. The molecule has 0 amide bonds. The molecule has 0 aliphatic heterocycles. The number of rotatable bonds is 0. The van der Waals surface area contributed by atoms with Crippen molar-refractivity contribution in [3.63, 3.8) is 0 Å². The fourth-order valence-electron chi connectivity index (χ4n) is 0. The Morgan fingerprint density at radius 3 is 0.233 bits per heavy atom. The van der Waals surface area contributed by atoms with Crippen LogP contribution in [0.4, 0.5) is 0 Å². The zero-order valence-electron chi connectivity index (χ0n) is 16.0. The van der Waals surface area contributed by atoms with Gasteiger partial charge < -0.3 is 29.4 Å². The third kappa shape index (κ3) is 1290. The predicted octanol–water partition coefficient (Wildman–Crippen LogP) is -21.4. The number of hydrogen-bond donors (Lipinski definition) is 0. The van der Waals surface area contributed by atoms with E-state index in [-0.39, 0.29) is 177 Å². The Labute approximate surface area is 303 Å². The maximum Gasteiger partial charge on any atom is 1.00 e. The molecule has 0 unspecified atom stereocenters. The first kappa shape index (κ1) is 76.5. The van der Waals surface area contributed by atoms with Crippen molar-refractivity contribution >= 4 is 47.4 Å². The summed E-state index contributed by atoms with van der Waals surface area (Å²) in [5.74, 6) is 0. The van der Waals surface area contributed by atoms with E-state index < -0.39 is 47.4 Å². The second-order valence-electron chi connectivity index (χ2n) is 1.34. The second-order valence-corrected chi connectivity index (χ2v) is 4.02. The molecule has 0 bridgehead atoms. The molecule has 30 heavy (non-hydrogen) atoms. The molecule has 0 N–H and O–H groups in total. The molecule has 0 heterocycles. The van der Waals surface area contributed by atoms with Crippen LogP contribution in [0.5, 0.6) is 0 Å². The molecule has 0 aliphatic rings. The van der Waals surface area contributed by atoms with Crippen molar-refractivity contribution in [1.29, 1.82) is 0 Å². The van der Waals surface area contributed by atoms with Gasteiger partial charge in [-0.25, -0.2) is 0 Å². The third-order valence-corrected chi connectivity index (χ3v) is 0. The molecule has 0 aromatic carbocycles. The van der Waals surface area contributed by atoms with E-state index in [0.29, 0.717) is 0 Å². The van der Waals surface area contributed by atoms with Gasteiger partial charge in [-0.1, -0.05) is 0 Å². The molecule has 0 saturated carbocycles. The Kier molecular flexibility index (Phi) is 179. The first-order chi connectivity index (χ1) is 10.4. The monoisotopic (exact) mass is 612 g/mol. The Morgan fingerprint density at radius 2 is 0.233 bits per heavy atom. The van der Waals surface area contributed by atoms with E-state index in [1.54, 1.807) is 0 Å². The molecule has 144 valence electrons. The summed E-state index contributed by atoms with van der Waals surface area (Å²) in [7, 11) is -20.2. The standard InChI is InChI=1S/6Na.6HO3P/c;;;;;;6*1-4(2)3/h;;;;;;6*(H,1,2,3)/q6*+1;;;;;;/p-6. The van der Waals surface area contributed by atoms with Crippen LogP contribution >= 0.6 is 47.4 Å². The summed E-state index contributed by atoms with van der Waals surface area (Å²) < 4.78 is 102. The topological polar surface area (TPSA) is 343 Å². The summed E-state index contributed by atoms with van der Waals surface area (Å²) >= 11 is 0. The van der Waals surface area contributed by atoms with Crippen molar-refractivity contribution in [2.45, 2.75) is 0 Å². The molecule has 0 spiro atoms. The van der Waals surface area contributed by atoms with Gasteiger partial charge in [0.25, 0.3) is 0 Å². The predicted molar refractivity (Wildman–Crippen MR) is 49.8 cm³/mol. The zero-order chi connectivity index (χ0) is 21.5. The molecule has 0 aliphatic carbocycles. The van der Waals surface area contributed by atoms with Gasteiger partial charge in [-0.3, -0.25) is 54.8 Å². The van der Waals surface area contributed by atoms with Crippen LogP contribution in [0.3, 0.4) is 0 Å². The molecule has 0 aromatic heterocycles. The fraction of sp³-hybridized carbons (Fsp3) is 0. The van der Waals surface area contributed by atoms with Crippen LogP contribution in [-0.2, 0) is 54.8 Å². The minimum atomic E-state index is -3.37. The van der Waals surface area contributed by atoms with Crippen LogP contribution in [0.2, 0.25) is 0 Å². The summed E-state index contributed by atoms with van der Waals surface area (Å²) in [5, 5.41) is 0. The molecular weight excluding hydrogens is 612 g/mol. The van der Waals surface area contributed by atoms with Gasteiger partial charge in [0, 0.05) is 0 Å². The minimum absolute atomic E-state index is 0. The van der Waals surface area contributed by atoms with Crippen molar-refractivity contribution in [3.05, 3.63) is 0 Å². The Bertz CT molecular complexity index is 487. The van der Waals surface area contributed by atoms with Crippen molar-refractivity contribution in [1.82, 2.24) is 0 Å². The maximum absolute atomic E-state index is 8.48. The van der Waals surface area contributed by atoms with Gasteiger partial charge in [-0.15, -0.1) is 0 Å². The summed E-state index contributed by atoms with van der Waals surface area (Å²) in [6.45, 7) is 0. The van der Waals surface area contributed by atoms with E-state index in [0.717, 1.165) is 0 Å².